The topological polar surface area (TPSA) is 75.6 Å². The fraction of sp³-hybridized carbons (Fsp3) is 0.364. The van der Waals surface area contributed by atoms with Gasteiger partial charge in [0.2, 0.25) is 5.91 Å². The van der Waals surface area contributed by atoms with Crippen LogP contribution in [0.4, 0.5) is 5.13 Å². The largest absolute Gasteiger partial charge is 0.302 e. The second-order valence-corrected chi connectivity index (χ2v) is 9.40. The van der Waals surface area contributed by atoms with E-state index in [2.05, 4.69) is 72.1 Å². The van der Waals surface area contributed by atoms with Crippen molar-refractivity contribution in [3.8, 4) is 0 Å². The molecule has 158 valence electrons. The number of rotatable bonds is 8. The zero-order valence-electron chi connectivity index (χ0n) is 17.6. The standard InChI is InChI=1S/C22H27N5OS2/c1-5-12-27-18(25-26-21(27)29)13-17-14-30-20(23-17)24-19(28)11-8-15-6-9-16(10-7-15)22(2,3)4/h5-7,9-10,14H,1,8,11-13H2,2-4H3,(H,26,29)(H,23,24,28). The van der Waals surface area contributed by atoms with Crippen LogP contribution in [0.15, 0.2) is 42.3 Å². The number of aromatic amines is 1. The highest BCUT2D eigenvalue weighted by molar-refractivity contribution is 7.71. The number of nitrogens with zero attached hydrogens (tertiary/aromatic N) is 3. The van der Waals surface area contributed by atoms with E-state index in [1.807, 2.05) is 9.95 Å². The minimum absolute atomic E-state index is 0.0369. The van der Waals surface area contributed by atoms with Gasteiger partial charge in [-0.25, -0.2) is 4.98 Å². The van der Waals surface area contributed by atoms with Crippen molar-refractivity contribution in [2.45, 2.75) is 52.0 Å². The number of anilines is 1. The minimum Gasteiger partial charge on any atom is -0.302 e. The van der Waals surface area contributed by atoms with Crippen molar-refractivity contribution in [3.63, 3.8) is 0 Å². The Morgan fingerprint density at radius 2 is 2.07 bits per heavy atom. The van der Waals surface area contributed by atoms with Gasteiger partial charge in [-0.2, -0.15) is 5.10 Å². The molecule has 0 fully saturated rings. The molecule has 0 spiro atoms. The lowest BCUT2D eigenvalue weighted by Crippen LogP contribution is -2.13. The van der Waals surface area contributed by atoms with Crippen LogP contribution in [-0.2, 0) is 29.6 Å². The van der Waals surface area contributed by atoms with Gasteiger partial charge in [-0.3, -0.25) is 14.5 Å². The third-order valence-corrected chi connectivity index (χ3v) is 5.87. The first-order valence-electron chi connectivity index (χ1n) is 9.85. The van der Waals surface area contributed by atoms with Crippen LogP contribution in [0.2, 0.25) is 0 Å². The molecule has 3 aromatic rings. The molecule has 0 unspecified atom stereocenters. The fourth-order valence-electron chi connectivity index (χ4n) is 3.02. The summed E-state index contributed by atoms with van der Waals surface area (Å²) in [6.07, 6.45) is 3.43. The summed E-state index contributed by atoms with van der Waals surface area (Å²) in [5.41, 5.74) is 3.42. The van der Waals surface area contributed by atoms with Gasteiger partial charge in [0.1, 0.15) is 5.82 Å². The van der Waals surface area contributed by atoms with Crippen LogP contribution in [-0.4, -0.2) is 25.7 Å². The average molecular weight is 442 g/mol. The number of benzene rings is 1. The number of amides is 1. The molecule has 1 aromatic carbocycles. The van der Waals surface area contributed by atoms with E-state index in [9.17, 15) is 4.79 Å². The molecule has 0 saturated carbocycles. The predicted octanol–water partition coefficient (Wildman–Crippen LogP) is 5.04. The summed E-state index contributed by atoms with van der Waals surface area (Å²) < 4.78 is 2.44. The van der Waals surface area contributed by atoms with Crippen molar-refractivity contribution >= 4 is 34.6 Å². The molecule has 1 amide bonds. The second kappa shape index (κ2) is 9.49. The molecule has 0 radical (unpaired) electrons. The third-order valence-electron chi connectivity index (χ3n) is 4.75. The Kier molecular flexibility index (Phi) is 6.99. The molecular weight excluding hydrogens is 414 g/mol. The number of hydrogen-bond acceptors (Lipinski definition) is 5. The Balaban J connectivity index is 1.54. The van der Waals surface area contributed by atoms with Crippen molar-refractivity contribution < 1.29 is 4.79 Å². The third kappa shape index (κ3) is 5.73. The number of thiazole rings is 1. The number of H-pyrrole nitrogens is 1. The maximum absolute atomic E-state index is 12.3. The van der Waals surface area contributed by atoms with Crippen molar-refractivity contribution in [3.05, 3.63) is 69.7 Å². The molecule has 30 heavy (non-hydrogen) atoms. The van der Waals surface area contributed by atoms with E-state index in [0.29, 0.717) is 35.7 Å². The van der Waals surface area contributed by atoms with Crippen molar-refractivity contribution in [2.24, 2.45) is 0 Å². The van der Waals surface area contributed by atoms with Crippen LogP contribution in [0.1, 0.15) is 49.8 Å². The van der Waals surface area contributed by atoms with Crippen LogP contribution in [0, 0.1) is 4.77 Å². The molecule has 2 aromatic heterocycles. The van der Waals surface area contributed by atoms with E-state index in [-0.39, 0.29) is 11.3 Å². The fourth-order valence-corrected chi connectivity index (χ4v) is 3.97. The summed E-state index contributed by atoms with van der Waals surface area (Å²) >= 11 is 6.65. The van der Waals surface area contributed by atoms with Crippen LogP contribution in [0.5, 0.6) is 0 Å². The van der Waals surface area contributed by atoms with Gasteiger partial charge < -0.3 is 5.32 Å². The summed E-state index contributed by atoms with van der Waals surface area (Å²) in [6.45, 7) is 10.9. The Morgan fingerprint density at radius 3 is 2.73 bits per heavy atom. The van der Waals surface area contributed by atoms with Crippen LogP contribution >= 0.6 is 23.6 Å². The molecule has 6 nitrogen and oxygen atoms in total. The zero-order valence-corrected chi connectivity index (χ0v) is 19.2. The summed E-state index contributed by atoms with van der Waals surface area (Å²) in [4.78, 5) is 16.8. The summed E-state index contributed by atoms with van der Waals surface area (Å²) in [5.74, 6) is 0.756. The van der Waals surface area contributed by atoms with E-state index in [0.717, 1.165) is 17.1 Å². The van der Waals surface area contributed by atoms with Gasteiger partial charge in [0.15, 0.2) is 9.90 Å². The van der Waals surface area contributed by atoms with Gasteiger partial charge in [0, 0.05) is 18.3 Å². The number of aromatic nitrogens is 4. The number of carbonyl (C=O) groups is 1. The lowest BCUT2D eigenvalue weighted by molar-refractivity contribution is -0.116. The Hall–Kier alpha value is -2.58. The first-order valence-corrected chi connectivity index (χ1v) is 11.1. The maximum Gasteiger partial charge on any atom is 0.226 e. The molecule has 3 rings (SSSR count). The Bertz CT molecular complexity index is 1070. The van der Waals surface area contributed by atoms with Gasteiger partial charge in [0.25, 0.3) is 0 Å². The smallest absolute Gasteiger partial charge is 0.226 e. The zero-order chi connectivity index (χ0) is 21.7. The molecule has 0 saturated heterocycles. The molecular formula is C22H27N5OS2. The van der Waals surface area contributed by atoms with Crippen molar-refractivity contribution in [2.75, 3.05) is 5.32 Å². The minimum atomic E-state index is -0.0369. The lowest BCUT2D eigenvalue weighted by Gasteiger charge is -2.19. The second-order valence-electron chi connectivity index (χ2n) is 8.16. The molecule has 0 atom stereocenters. The molecule has 2 heterocycles. The van der Waals surface area contributed by atoms with Gasteiger partial charge in [-0.05, 0) is 35.2 Å². The summed E-state index contributed by atoms with van der Waals surface area (Å²) in [5, 5.41) is 12.5. The van der Waals surface area contributed by atoms with Crippen molar-refractivity contribution in [1.82, 2.24) is 19.7 Å². The van der Waals surface area contributed by atoms with E-state index in [1.54, 1.807) is 6.08 Å². The van der Waals surface area contributed by atoms with E-state index >= 15 is 0 Å². The van der Waals surface area contributed by atoms with Gasteiger partial charge in [-0.1, -0.05) is 51.1 Å². The first-order chi connectivity index (χ1) is 14.3. The summed E-state index contributed by atoms with van der Waals surface area (Å²) in [7, 11) is 0. The molecule has 0 bridgehead atoms. The van der Waals surface area contributed by atoms with E-state index < -0.39 is 0 Å². The predicted molar refractivity (Wildman–Crippen MR) is 125 cm³/mol. The SMILES string of the molecule is C=CCn1c(Cc2csc(NC(=O)CCc3ccc(C(C)(C)C)cc3)n2)n[nH]c1=S. The highest BCUT2D eigenvalue weighted by Crippen LogP contribution is 2.23. The lowest BCUT2D eigenvalue weighted by atomic mass is 9.86. The number of nitrogens with one attached hydrogen (secondary N) is 2. The highest BCUT2D eigenvalue weighted by atomic mass is 32.1. The average Bonchev–Trinajstić information content (AvgIpc) is 3.28. The van der Waals surface area contributed by atoms with E-state index in [1.165, 1.54) is 16.9 Å². The maximum atomic E-state index is 12.3. The van der Waals surface area contributed by atoms with Crippen LogP contribution in [0.25, 0.3) is 0 Å². The molecule has 8 heteroatoms. The normalized spacial score (nSPS) is 11.4. The van der Waals surface area contributed by atoms with E-state index in [4.69, 9.17) is 12.2 Å². The molecule has 0 aliphatic carbocycles. The van der Waals surface area contributed by atoms with Gasteiger partial charge >= 0.3 is 0 Å². The van der Waals surface area contributed by atoms with Crippen LogP contribution < -0.4 is 5.32 Å². The van der Waals surface area contributed by atoms with Gasteiger partial charge in [0.05, 0.1) is 12.1 Å². The van der Waals surface area contributed by atoms with Gasteiger partial charge in [-0.15, -0.1) is 17.9 Å². The monoisotopic (exact) mass is 441 g/mol. The van der Waals surface area contributed by atoms with Crippen LogP contribution in [0.3, 0.4) is 0 Å². The number of carbonyl (C=O) groups excluding carboxylic acids is 1. The quantitative estimate of drug-likeness (QED) is 0.379. The van der Waals surface area contributed by atoms with Crippen molar-refractivity contribution in [1.29, 1.82) is 0 Å². The Morgan fingerprint density at radius 1 is 1.33 bits per heavy atom. The summed E-state index contributed by atoms with van der Waals surface area (Å²) in [6, 6.07) is 8.49. The number of allylic oxidation sites excluding steroid dienone is 1. The molecule has 0 aliphatic heterocycles. The number of hydrogen-bond donors (Lipinski definition) is 2. The Labute approximate surface area is 186 Å². The first kappa shape index (κ1) is 22.1. The highest BCUT2D eigenvalue weighted by Gasteiger charge is 2.14. The molecule has 0 aliphatic rings. The molecule has 2 N–H and O–H groups in total. The number of aryl methyl sites for hydroxylation is 1.